The standard InChI is InChI=1S/C19H14FN5O5S3/c1-24(9-15-22-23-18(31-15)10-3-5-11(20)6-4-10)19-21-17(26)13-7-12(33(2,29)30)8-14(25(27)28)16(13)32-19/h3-8H,9H2,1-2H3. The van der Waals surface area contributed by atoms with Gasteiger partial charge in [0.2, 0.25) is 0 Å². The normalized spacial score (nSPS) is 11.6. The summed E-state index contributed by atoms with van der Waals surface area (Å²) in [7, 11) is -2.13. The van der Waals surface area contributed by atoms with Gasteiger partial charge in [0.1, 0.15) is 20.5 Å². The van der Waals surface area contributed by atoms with Gasteiger partial charge < -0.3 is 4.90 Å². The molecule has 0 saturated carbocycles. The highest BCUT2D eigenvalue weighted by atomic mass is 32.2. The van der Waals surface area contributed by atoms with Gasteiger partial charge in [-0.3, -0.25) is 14.9 Å². The molecule has 0 atom stereocenters. The van der Waals surface area contributed by atoms with Crippen molar-refractivity contribution in [3.63, 3.8) is 0 Å². The van der Waals surface area contributed by atoms with Crippen molar-refractivity contribution in [2.75, 3.05) is 18.2 Å². The number of aromatic nitrogens is 3. The maximum atomic E-state index is 13.1. The van der Waals surface area contributed by atoms with Crippen LogP contribution >= 0.6 is 22.7 Å². The molecule has 0 aliphatic carbocycles. The van der Waals surface area contributed by atoms with Gasteiger partial charge in [-0.1, -0.05) is 22.7 Å². The maximum absolute atomic E-state index is 13.1. The van der Waals surface area contributed by atoms with Crippen molar-refractivity contribution in [3.05, 3.63) is 67.7 Å². The molecule has 0 unspecified atom stereocenters. The molecule has 0 saturated heterocycles. The van der Waals surface area contributed by atoms with Gasteiger partial charge in [-0.2, -0.15) is 4.98 Å². The zero-order chi connectivity index (χ0) is 23.9. The van der Waals surface area contributed by atoms with Crippen molar-refractivity contribution in [1.82, 2.24) is 15.2 Å². The summed E-state index contributed by atoms with van der Waals surface area (Å²) in [6.07, 6.45) is 0.906. The first-order valence-electron chi connectivity index (χ1n) is 9.16. The van der Waals surface area contributed by atoms with Crippen molar-refractivity contribution in [1.29, 1.82) is 0 Å². The summed E-state index contributed by atoms with van der Waals surface area (Å²) in [4.78, 5) is 28.7. The number of hydrogen-bond acceptors (Lipinski definition) is 11. The number of anilines is 1. The van der Waals surface area contributed by atoms with E-state index in [-0.39, 0.29) is 32.5 Å². The number of halogens is 1. The summed E-state index contributed by atoms with van der Waals surface area (Å²) in [5, 5.41) is 21.0. The first-order valence-corrected chi connectivity index (χ1v) is 12.7. The number of nitro groups is 1. The zero-order valence-electron chi connectivity index (χ0n) is 17.1. The van der Waals surface area contributed by atoms with Crippen molar-refractivity contribution in [3.8, 4) is 10.6 Å². The van der Waals surface area contributed by atoms with E-state index in [4.69, 9.17) is 0 Å². The lowest BCUT2D eigenvalue weighted by atomic mass is 10.2. The Hall–Kier alpha value is -3.36. The third-order valence-electron chi connectivity index (χ3n) is 4.55. The van der Waals surface area contributed by atoms with Crippen LogP contribution in [0, 0.1) is 15.9 Å². The molecule has 2 aromatic heterocycles. The molecule has 0 radical (unpaired) electrons. The first-order chi connectivity index (χ1) is 15.5. The monoisotopic (exact) mass is 507 g/mol. The molecule has 170 valence electrons. The summed E-state index contributed by atoms with van der Waals surface area (Å²) < 4.78 is 36.9. The molecule has 33 heavy (non-hydrogen) atoms. The molecule has 0 bridgehead atoms. The minimum Gasteiger partial charge on any atom is -0.344 e. The fourth-order valence-electron chi connectivity index (χ4n) is 2.93. The van der Waals surface area contributed by atoms with Gasteiger partial charge in [-0.05, 0) is 30.3 Å². The Labute approximate surface area is 194 Å². The number of fused-ring (bicyclic) bond motifs is 1. The summed E-state index contributed by atoms with van der Waals surface area (Å²) in [5.74, 6) is -0.363. The summed E-state index contributed by atoms with van der Waals surface area (Å²) >= 11 is 2.17. The number of non-ortho nitro benzene ring substituents is 1. The highest BCUT2D eigenvalue weighted by Crippen LogP contribution is 2.34. The molecule has 0 N–H and O–H groups in total. The van der Waals surface area contributed by atoms with Crippen LogP contribution in [0.3, 0.4) is 0 Å². The number of benzene rings is 2. The van der Waals surface area contributed by atoms with Crippen molar-refractivity contribution >= 4 is 53.4 Å². The van der Waals surface area contributed by atoms with Crippen LogP contribution in [0.4, 0.5) is 15.2 Å². The number of rotatable bonds is 6. The van der Waals surface area contributed by atoms with E-state index in [1.165, 1.54) is 23.5 Å². The van der Waals surface area contributed by atoms with Crippen LogP contribution in [0.5, 0.6) is 0 Å². The van der Waals surface area contributed by atoms with Crippen molar-refractivity contribution < 1.29 is 17.7 Å². The average molecular weight is 508 g/mol. The molecule has 0 fully saturated rings. The third kappa shape index (κ3) is 4.72. The minimum atomic E-state index is -3.77. The Morgan fingerprint density at radius 2 is 1.85 bits per heavy atom. The Morgan fingerprint density at radius 1 is 1.15 bits per heavy atom. The fourth-order valence-corrected chi connectivity index (χ4v) is 5.51. The SMILES string of the molecule is CN(Cc1nnc(-c2ccc(F)cc2)s1)c1nc(=O)c2cc(S(C)(=O)=O)cc([N+](=O)[O-])c2s1. The Kier molecular flexibility index (Phi) is 5.90. The smallest absolute Gasteiger partial charge is 0.288 e. The van der Waals surface area contributed by atoms with Crippen LogP contribution in [-0.2, 0) is 16.4 Å². The van der Waals surface area contributed by atoms with Crippen molar-refractivity contribution in [2.45, 2.75) is 11.4 Å². The van der Waals surface area contributed by atoms with Gasteiger partial charge in [0.05, 0.1) is 21.7 Å². The van der Waals surface area contributed by atoms with Gasteiger partial charge in [0, 0.05) is 24.9 Å². The number of nitro benzene ring substituents is 1. The van der Waals surface area contributed by atoms with E-state index in [2.05, 4.69) is 15.2 Å². The zero-order valence-corrected chi connectivity index (χ0v) is 19.5. The molecule has 0 aliphatic heterocycles. The topological polar surface area (TPSA) is 136 Å². The maximum Gasteiger partial charge on any atom is 0.288 e. The molecule has 4 aromatic rings. The van der Waals surface area contributed by atoms with Crippen LogP contribution in [-0.4, -0.2) is 41.8 Å². The van der Waals surface area contributed by atoms with E-state index in [1.807, 2.05) is 0 Å². The van der Waals surface area contributed by atoms with Gasteiger partial charge in [0.25, 0.3) is 11.2 Å². The molecule has 2 heterocycles. The first kappa shape index (κ1) is 22.8. The lowest BCUT2D eigenvalue weighted by Gasteiger charge is -2.15. The molecule has 0 spiro atoms. The van der Waals surface area contributed by atoms with Crippen LogP contribution in [0.1, 0.15) is 5.01 Å². The molecule has 0 amide bonds. The quantitative estimate of drug-likeness (QED) is 0.284. The van der Waals surface area contributed by atoms with E-state index in [9.17, 15) is 27.7 Å². The van der Waals surface area contributed by atoms with E-state index in [1.54, 1.807) is 24.1 Å². The molecular weight excluding hydrogens is 493 g/mol. The lowest BCUT2D eigenvalue weighted by molar-refractivity contribution is -0.383. The molecule has 14 heteroatoms. The Morgan fingerprint density at radius 3 is 2.48 bits per heavy atom. The molecule has 4 rings (SSSR count). The summed E-state index contributed by atoms with van der Waals surface area (Å²) in [6.45, 7) is 0.211. The molecule has 0 aliphatic rings. The van der Waals surface area contributed by atoms with Gasteiger partial charge in [-0.25, -0.2) is 12.8 Å². The van der Waals surface area contributed by atoms with Crippen LogP contribution in [0.25, 0.3) is 20.7 Å². The highest BCUT2D eigenvalue weighted by Gasteiger charge is 2.23. The second kappa shape index (κ2) is 8.53. The predicted octanol–water partition coefficient (Wildman–Crippen LogP) is 3.26. The Bertz CT molecular complexity index is 1550. The molecular formula is C19H14FN5O5S3. The van der Waals surface area contributed by atoms with Crippen LogP contribution in [0.2, 0.25) is 0 Å². The minimum absolute atomic E-state index is 0.0264. The number of hydrogen-bond donors (Lipinski definition) is 0. The summed E-state index contributed by atoms with van der Waals surface area (Å²) in [5.41, 5.74) is -0.557. The third-order valence-corrected chi connectivity index (χ3v) is 7.81. The van der Waals surface area contributed by atoms with E-state index in [0.29, 0.717) is 15.6 Å². The van der Waals surface area contributed by atoms with Crippen LogP contribution in [0.15, 0.2) is 46.1 Å². The lowest BCUT2D eigenvalue weighted by Crippen LogP contribution is -2.20. The fraction of sp³-hybridized carbons (Fsp3) is 0.158. The van der Waals surface area contributed by atoms with E-state index in [0.717, 1.165) is 29.7 Å². The second-order valence-corrected chi connectivity index (χ2v) is 11.1. The van der Waals surface area contributed by atoms with Gasteiger partial charge in [0.15, 0.2) is 15.0 Å². The number of sulfone groups is 1. The van der Waals surface area contributed by atoms with Crippen LogP contribution < -0.4 is 10.5 Å². The average Bonchev–Trinajstić information content (AvgIpc) is 3.21. The largest absolute Gasteiger partial charge is 0.344 e. The van der Waals surface area contributed by atoms with Gasteiger partial charge in [-0.15, -0.1) is 10.2 Å². The number of nitrogens with zero attached hydrogens (tertiary/aromatic N) is 5. The van der Waals surface area contributed by atoms with Crippen molar-refractivity contribution in [2.24, 2.45) is 0 Å². The summed E-state index contributed by atoms with van der Waals surface area (Å²) in [6, 6.07) is 7.86. The van der Waals surface area contributed by atoms with E-state index >= 15 is 0 Å². The molecule has 10 nitrogen and oxygen atoms in total. The second-order valence-electron chi connectivity index (χ2n) is 7.01. The highest BCUT2D eigenvalue weighted by molar-refractivity contribution is 7.90. The van der Waals surface area contributed by atoms with Gasteiger partial charge >= 0.3 is 0 Å². The Balaban J connectivity index is 1.70. The predicted molar refractivity (Wildman–Crippen MR) is 123 cm³/mol. The molecule has 2 aromatic carbocycles. The van der Waals surface area contributed by atoms with E-state index < -0.39 is 26.0 Å².